The standard InChI is InChI=1S/C67H83N7O11/c1-10-66(85-59(78)39-70(7)8)55-35-57-61-45(37-74(57)62(79)53(55)40-82-63(66)80)34-50-52(38-69(5)6)58(24-23-56(50)68-61)83-64(81)73-31-29-72(30-32-73)28-14-12-11-13-27-71(9)46-18-15-43(16-19-46)51-36-65(4)54(25-26-67(65,41(2)75)84-42(3)76)49-21-17-44-33-47(77)20-22-48(44)60(49)51/h15-16,18-19,23-24,33-35,49,51,54H,10-14,17,20-22,25-32,36-40H2,1-9H3/t49-,51+,54-,65-,66-,67-/m0/s1. The second-order valence-electron chi connectivity index (χ2n) is 25.8. The molecule has 11 rings (SSSR count). The monoisotopic (exact) mass is 1160 g/mol. The first kappa shape index (κ1) is 59.7. The molecule has 2 aromatic carbocycles. The third kappa shape index (κ3) is 10.9. The van der Waals surface area contributed by atoms with E-state index in [1.807, 2.05) is 37.2 Å². The van der Waals surface area contributed by atoms with Gasteiger partial charge >= 0.3 is 24.0 Å². The zero-order chi connectivity index (χ0) is 60.3. The van der Waals surface area contributed by atoms with E-state index in [0.717, 1.165) is 99.7 Å². The van der Waals surface area contributed by atoms with Crippen molar-refractivity contribution >= 4 is 52.2 Å². The highest BCUT2D eigenvalue weighted by Crippen LogP contribution is 2.68. The number of rotatable bonds is 18. The third-order valence-corrected chi connectivity index (χ3v) is 20.0. The van der Waals surface area contributed by atoms with Gasteiger partial charge in [0.05, 0.1) is 35.6 Å². The molecule has 0 radical (unpaired) electrons. The number of Topliss-reactive ketones (excluding diaryl/α,β-unsaturated/α-hetero) is 1. The van der Waals surface area contributed by atoms with Crippen molar-refractivity contribution in [2.75, 3.05) is 86.0 Å². The molecule has 4 aliphatic carbocycles. The number of ether oxygens (including phenoxy) is 4. The second-order valence-corrected chi connectivity index (χ2v) is 25.8. The van der Waals surface area contributed by atoms with Gasteiger partial charge in [0.15, 0.2) is 17.2 Å². The van der Waals surface area contributed by atoms with Crippen molar-refractivity contribution in [3.05, 3.63) is 109 Å². The number of esters is 3. The SMILES string of the molecule is CC[C@@]1(OC(=O)CN(C)C)C(=O)OCc2c1cc1n(c2=O)Cc2cc3c(CN(C)C)c(OC(=O)N4CCN(CCCCCCN(C)c5ccc([C@H]6C[C@@]7(C)[C@@H](CC[C@]7(OC(C)=O)C(C)=O)[C@@H]7CCC8=CC(=O)CCC8=C76)cc5)CC4)ccc3nc2-1. The average Bonchev–Trinajstić information content (AvgIpc) is 1.67. The van der Waals surface area contributed by atoms with E-state index in [0.29, 0.717) is 67.1 Å². The van der Waals surface area contributed by atoms with Crippen LogP contribution in [0.1, 0.15) is 138 Å². The number of ketones is 2. The number of pyridine rings is 2. The summed E-state index contributed by atoms with van der Waals surface area (Å²) in [6.45, 7) is 11.9. The number of aromatic nitrogens is 2. The minimum absolute atomic E-state index is 0.0525. The van der Waals surface area contributed by atoms with Crippen molar-refractivity contribution in [1.82, 2.24) is 29.2 Å². The normalized spacial score (nSPS) is 25.1. The molecule has 7 aliphatic rings. The summed E-state index contributed by atoms with van der Waals surface area (Å²) in [5.41, 5.74) is 6.55. The molecular weight excluding hydrogens is 1080 g/mol. The zero-order valence-corrected chi connectivity index (χ0v) is 51.1. The molecule has 3 fully saturated rings. The number of fused-ring (bicyclic) bond motifs is 9. The quantitative estimate of drug-likeness (QED) is 0.0459. The van der Waals surface area contributed by atoms with Crippen LogP contribution in [-0.2, 0) is 63.5 Å². The van der Waals surface area contributed by atoms with Crippen molar-refractivity contribution in [2.45, 2.75) is 142 Å². The summed E-state index contributed by atoms with van der Waals surface area (Å²) in [7, 11) is 9.52. The molecule has 452 valence electrons. The highest BCUT2D eigenvalue weighted by Gasteiger charge is 2.67. The fraction of sp³-hybridized carbons (Fsp3) is 0.552. The number of likely N-dealkylation sites (N-methyl/N-ethyl adjacent to an activating group) is 1. The Morgan fingerprint density at radius 1 is 0.847 bits per heavy atom. The van der Waals surface area contributed by atoms with Crippen LogP contribution in [0.5, 0.6) is 5.75 Å². The molecule has 1 amide bonds. The summed E-state index contributed by atoms with van der Waals surface area (Å²) >= 11 is 0. The number of benzene rings is 2. The van der Waals surface area contributed by atoms with E-state index in [9.17, 15) is 33.6 Å². The predicted molar refractivity (Wildman–Crippen MR) is 322 cm³/mol. The minimum atomic E-state index is -1.77. The summed E-state index contributed by atoms with van der Waals surface area (Å²) < 4.78 is 25.4. The molecule has 0 unspecified atom stereocenters. The highest BCUT2D eigenvalue weighted by molar-refractivity contribution is 5.94. The van der Waals surface area contributed by atoms with Gasteiger partial charge < -0.3 is 38.2 Å². The van der Waals surface area contributed by atoms with E-state index in [1.54, 1.807) is 54.4 Å². The van der Waals surface area contributed by atoms with Crippen LogP contribution in [0.3, 0.4) is 0 Å². The predicted octanol–water partition coefficient (Wildman–Crippen LogP) is 8.86. The Kier molecular flexibility index (Phi) is 16.6. The van der Waals surface area contributed by atoms with Gasteiger partial charge in [0, 0.05) is 98.8 Å². The van der Waals surface area contributed by atoms with E-state index in [-0.39, 0.29) is 66.6 Å². The van der Waals surface area contributed by atoms with Crippen LogP contribution in [0, 0.1) is 17.3 Å². The topological polar surface area (TPSA) is 190 Å². The van der Waals surface area contributed by atoms with Crippen LogP contribution in [-0.4, -0.2) is 151 Å². The summed E-state index contributed by atoms with van der Waals surface area (Å²) in [4.78, 5) is 109. The number of piperazine rings is 1. The van der Waals surface area contributed by atoms with E-state index >= 15 is 0 Å². The number of allylic oxidation sites excluding steroid dienone is 4. The lowest BCUT2D eigenvalue weighted by molar-refractivity contribution is -0.189. The number of unbranched alkanes of at least 4 members (excludes halogenated alkanes) is 3. The van der Waals surface area contributed by atoms with Crippen molar-refractivity contribution in [1.29, 1.82) is 0 Å². The number of anilines is 1. The van der Waals surface area contributed by atoms with Gasteiger partial charge in [-0.25, -0.2) is 14.6 Å². The Labute approximate surface area is 498 Å². The summed E-state index contributed by atoms with van der Waals surface area (Å²) in [5.74, 6) is -0.591. The lowest BCUT2D eigenvalue weighted by Crippen LogP contribution is -2.57. The Hall–Kier alpha value is -7.02. The molecule has 18 heteroatoms. The molecule has 3 aliphatic heterocycles. The molecular formula is C67H83N7O11. The van der Waals surface area contributed by atoms with E-state index in [2.05, 4.69) is 48.0 Å². The minimum Gasteiger partial charge on any atom is -0.457 e. The van der Waals surface area contributed by atoms with E-state index in [4.69, 9.17) is 23.9 Å². The lowest BCUT2D eigenvalue weighted by Gasteiger charge is -2.55. The Bertz CT molecular complexity index is 3490. The van der Waals surface area contributed by atoms with Crippen LogP contribution < -0.4 is 15.2 Å². The van der Waals surface area contributed by atoms with Gasteiger partial charge in [-0.1, -0.05) is 44.4 Å². The number of carbonyl (C=O) groups is 6. The molecule has 5 heterocycles. The smallest absolute Gasteiger partial charge is 0.415 e. The summed E-state index contributed by atoms with van der Waals surface area (Å²) in [6, 6.07) is 16.4. The van der Waals surface area contributed by atoms with E-state index in [1.165, 1.54) is 29.2 Å². The molecule has 4 aromatic rings. The van der Waals surface area contributed by atoms with Crippen molar-refractivity contribution in [3.63, 3.8) is 0 Å². The molecule has 2 saturated carbocycles. The first-order valence-electron chi connectivity index (χ1n) is 30.7. The molecule has 18 nitrogen and oxygen atoms in total. The molecule has 2 aromatic heterocycles. The number of cyclic esters (lactones) is 1. The average molecular weight is 1160 g/mol. The van der Waals surface area contributed by atoms with Crippen LogP contribution in [0.4, 0.5) is 10.5 Å². The van der Waals surface area contributed by atoms with Crippen LogP contribution in [0.15, 0.2) is 76.1 Å². The summed E-state index contributed by atoms with van der Waals surface area (Å²) in [5, 5.41) is 0.802. The van der Waals surface area contributed by atoms with Gasteiger partial charge in [0.25, 0.3) is 5.56 Å². The fourth-order valence-corrected chi connectivity index (χ4v) is 15.8. The molecule has 6 atom stereocenters. The maximum atomic E-state index is 14.2. The Morgan fingerprint density at radius 3 is 2.31 bits per heavy atom. The van der Waals surface area contributed by atoms with E-state index < -0.39 is 40.6 Å². The van der Waals surface area contributed by atoms with Gasteiger partial charge in [-0.3, -0.25) is 33.8 Å². The molecule has 0 bridgehead atoms. The Morgan fingerprint density at radius 2 is 1.60 bits per heavy atom. The van der Waals surface area contributed by atoms with Gasteiger partial charge in [0.2, 0.25) is 5.60 Å². The van der Waals surface area contributed by atoms with Crippen LogP contribution >= 0.6 is 0 Å². The molecule has 1 saturated heterocycles. The number of nitrogens with zero attached hydrogens (tertiary/aromatic N) is 7. The first-order chi connectivity index (χ1) is 40.6. The third-order valence-electron chi connectivity index (χ3n) is 20.0. The number of amides is 1. The van der Waals surface area contributed by atoms with Gasteiger partial charge in [0.1, 0.15) is 12.4 Å². The maximum Gasteiger partial charge on any atom is 0.415 e. The van der Waals surface area contributed by atoms with Crippen molar-refractivity contribution < 1.29 is 47.7 Å². The molecule has 0 spiro atoms. The number of carbonyl (C=O) groups excluding carboxylic acids is 6. The highest BCUT2D eigenvalue weighted by atomic mass is 16.6. The lowest BCUT2D eigenvalue weighted by atomic mass is 9.50. The van der Waals surface area contributed by atoms with Gasteiger partial charge in [-0.2, -0.15) is 0 Å². The van der Waals surface area contributed by atoms with Gasteiger partial charge in [-0.15, -0.1) is 0 Å². The van der Waals surface area contributed by atoms with Gasteiger partial charge in [-0.05, 0) is 170 Å². The molecule has 85 heavy (non-hydrogen) atoms. The summed E-state index contributed by atoms with van der Waals surface area (Å²) in [6.07, 6.45) is 11.1. The van der Waals surface area contributed by atoms with Crippen molar-refractivity contribution in [3.8, 4) is 17.1 Å². The maximum absolute atomic E-state index is 14.2. The molecule has 0 N–H and O–H groups in total. The van der Waals surface area contributed by atoms with Crippen molar-refractivity contribution in [2.24, 2.45) is 17.3 Å². The second kappa shape index (κ2) is 23.7. The fourth-order valence-electron chi connectivity index (χ4n) is 15.8. The van der Waals surface area contributed by atoms with Crippen LogP contribution in [0.2, 0.25) is 0 Å². The largest absolute Gasteiger partial charge is 0.457 e. The number of hydrogen-bond donors (Lipinski definition) is 0. The number of hydrogen-bond acceptors (Lipinski definition) is 16. The first-order valence-corrected chi connectivity index (χ1v) is 30.7. The Balaban J connectivity index is 0.682. The zero-order valence-electron chi connectivity index (χ0n) is 51.1. The van der Waals surface area contributed by atoms with Crippen LogP contribution in [0.25, 0.3) is 22.3 Å².